The van der Waals surface area contributed by atoms with Gasteiger partial charge in [-0.05, 0) is 50.5 Å². The van der Waals surface area contributed by atoms with E-state index in [1.165, 1.54) is 18.4 Å². The highest BCUT2D eigenvalue weighted by Gasteiger charge is 2.55. The summed E-state index contributed by atoms with van der Waals surface area (Å²) in [7, 11) is 1.96. The molecule has 5 atom stereocenters. The standard InChI is InChI=1S/C18H29NO3/c1-12-5-4-6-18(2)10-16-13(9-15(12)18)14(17(21)22-16)11-19(3)7-8-20/h13-16,20H,1,4-11H2,2-3H3/t13?,14-,15-,16+,18+/m0/s1. The molecule has 2 saturated carbocycles. The van der Waals surface area contributed by atoms with Crippen LogP contribution >= 0.6 is 0 Å². The minimum absolute atomic E-state index is 0.0346. The van der Waals surface area contributed by atoms with E-state index in [4.69, 9.17) is 9.84 Å². The van der Waals surface area contributed by atoms with Gasteiger partial charge in [0, 0.05) is 19.0 Å². The Morgan fingerprint density at radius 1 is 1.50 bits per heavy atom. The van der Waals surface area contributed by atoms with Crippen molar-refractivity contribution in [1.29, 1.82) is 0 Å². The number of nitrogens with zero attached hydrogens (tertiary/aromatic N) is 1. The van der Waals surface area contributed by atoms with Crippen LogP contribution in [0.15, 0.2) is 12.2 Å². The predicted octanol–water partition coefficient (Wildman–Crippen LogP) is 2.22. The fourth-order valence-corrected chi connectivity index (χ4v) is 5.06. The second-order valence-electron chi connectivity index (χ2n) is 7.89. The Bertz CT molecular complexity index is 463. The average molecular weight is 307 g/mol. The molecule has 0 spiro atoms. The molecule has 3 fully saturated rings. The van der Waals surface area contributed by atoms with Gasteiger partial charge in [-0.15, -0.1) is 0 Å². The van der Waals surface area contributed by atoms with Crippen molar-refractivity contribution in [3.8, 4) is 0 Å². The summed E-state index contributed by atoms with van der Waals surface area (Å²) in [6, 6.07) is 0. The number of likely N-dealkylation sites (N-methyl/N-ethyl adjacent to an activating group) is 1. The third kappa shape index (κ3) is 2.71. The highest BCUT2D eigenvalue weighted by Crippen LogP contribution is 2.56. The van der Waals surface area contributed by atoms with Crippen molar-refractivity contribution in [3.05, 3.63) is 12.2 Å². The van der Waals surface area contributed by atoms with E-state index in [0.717, 1.165) is 19.3 Å². The lowest BCUT2D eigenvalue weighted by molar-refractivity contribution is -0.146. The average Bonchev–Trinajstić information content (AvgIpc) is 2.72. The Hall–Kier alpha value is -0.870. The lowest BCUT2D eigenvalue weighted by Crippen LogP contribution is -2.45. The first-order valence-electron chi connectivity index (χ1n) is 8.62. The van der Waals surface area contributed by atoms with Crippen molar-refractivity contribution < 1.29 is 14.6 Å². The van der Waals surface area contributed by atoms with Crippen LogP contribution in [0.25, 0.3) is 0 Å². The fourth-order valence-electron chi connectivity index (χ4n) is 5.06. The molecule has 3 rings (SSSR count). The lowest BCUT2D eigenvalue weighted by Gasteiger charge is -2.50. The van der Waals surface area contributed by atoms with Gasteiger partial charge in [-0.25, -0.2) is 0 Å². The van der Waals surface area contributed by atoms with E-state index >= 15 is 0 Å². The van der Waals surface area contributed by atoms with Crippen LogP contribution in [0.4, 0.5) is 0 Å². The van der Waals surface area contributed by atoms with Crippen LogP contribution in [0.3, 0.4) is 0 Å². The molecule has 1 unspecified atom stereocenters. The molecule has 22 heavy (non-hydrogen) atoms. The molecule has 0 aromatic carbocycles. The lowest BCUT2D eigenvalue weighted by atomic mass is 9.55. The Morgan fingerprint density at radius 3 is 3.00 bits per heavy atom. The molecule has 3 aliphatic rings. The number of aliphatic hydroxyl groups excluding tert-OH is 1. The van der Waals surface area contributed by atoms with E-state index < -0.39 is 0 Å². The van der Waals surface area contributed by atoms with Gasteiger partial charge in [-0.1, -0.05) is 19.1 Å². The summed E-state index contributed by atoms with van der Waals surface area (Å²) in [6.07, 6.45) is 5.72. The topological polar surface area (TPSA) is 49.8 Å². The summed E-state index contributed by atoms with van der Waals surface area (Å²) < 4.78 is 5.75. The zero-order valence-electron chi connectivity index (χ0n) is 13.9. The zero-order chi connectivity index (χ0) is 15.9. The van der Waals surface area contributed by atoms with Gasteiger partial charge in [-0.3, -0.25) is 4.79 Å². The number of allylic oxidation sites excluding steroid dienone is 1. The van der Waals surface area contributed by atoms with Crippen molar-refractivity contribution in [3.63, 3.8) is 0 Å². The SMILES string of the molecule is C=C1CCC[C@]2(C)C[C@H]3OC(=O)[C@@H](CN(C)CCO)C3C[C@@H]12. The summed E-state index contributed by atoms with van der Waals surface area (Å²) in [4.78, 5) is 14.4. The molecule has 0 amide bonds. The Labute approximate surface area is 133 Å². The van der Waals surface area contributed by atoms with E-state index in [1.54, 1.807) is 0 Å². The molecule has 0 bridgehead atoms. The first kappa shape index (κ1) is 16.0. The van der Waals surface area contributed by atoms with Crippen molar-refractivity contribution >= 4 is 5.97 Å². The highest BCUT2D eigenvalue weighted by atomic mass is 16.6. The number of fused-ring (bicyclic) bond motifs is 2. The highest BCUT2D eigenvalue weighted by molar-refractivity contribution is 5.75. The van der Waals surface area contributed by atoms with Crippen LogP contribution in [-0.2, 0) is 9.53 Å². The molecule has 124 valence electrons. The minimum Gasteiger partial charge on any atom is -0.462 e. The monoisotopic (exact) mass is 307 g/mol. The summed E-state index contributed by atoms with van der Waals surface area (Å²) in [5.74, 6) is 0.790. The Balaban J connectivity index is 1.75. The number of carbonyl (C=O) groups is 1. The van der Waals surface area contributed by atoms with E-state index in [1.807, 2.05) is 11.9 Å². The molecule has 4 nitrogen and oxygen atoms in total. The van der Waals surface area contributed by atoms with Gasteiger partial charge < -0.3 is 14.7 Å². The van der Waals surface area contributed by atoms with Crippen LogP contribution < -0.4 is 0 Å². The van der Waals surface area contributed by atoms with Crippen molar-refractivity contribution in [2.45, 2.75) is 45.1 Å². The number of aliphatic hydroxyl groups is 1. The molecule has 0 aromatic heterocycles. The van der Waals surface area contributed by atoms with E-state index in [0.29, 0.717) is 24.9 Å². The minimum atomic E-state index is -0.0409. The maximum atomic E-state index is 12.3. The van der Waals surface area contributed by atoms with Gasteiger partial charge >= 0.3 is 5.97 Å². The van der Waals surface area contributed by atoms with Crippen LogP contribution in [0, 0.1) is 23.2 Å². The second kappa shape index (κ2) is 5.97. The number of rotatable bonds is 4. The predicted molar refractivity (Wildman–Crippen MR) is 85.3 cm³/mol. The molecule has 0 aromatic rings. The van der Waals surface area contributed by atoms with Gasteiger partial charge in [0.05, 0.1) is 12.5 Å². The Morgan fingerprint density at radius 2 is 2.27 bits per heavy atom. The summed E-state index contributed by atoms with van der Waals surface area (Å²) >= 11 is 0. The number of ether oxygens (including phenoxy) is 1. The molecular formula is C18H29NO3. The number of esters is 1. The van der Waals surface area contributed by atoms with Crippen LogP contribution in [-0.4, -0.2) is 48.8 Å². The van der Waals surface area contributed by atoms with Gasteiger partial charge in [0.2, 0.25) is 0 Å². The molecule has 2 aliphatic carbocycles. The van der Waals surface area contributed by atoms with E-state index in [9.17, 15) is 4.79 Å². The van der Waals surface area contributed by atoms with Crippen molar-refractivity contribution in [1.82, 2.24) is 4.90 Å². The largest absolute Gasteiger partial charge is 0.462 e. The number of carbonyl (C=O) groups excluding carboxylic acids is 1. The molecule has 1 aliphatic heterocycles. The maximum absolute atomic E-state index is 12.3. The van der Waals surface area contributed by atoms with Crippen LogP contribution in [0.5, 0.6) is 0 Å². The van der Waals surface area contributed by atoms with Crippen molar-refractivity contribution in [2.24, 2.45) is 23.2 Å². The summed E-state index contributed by atoms with van der Waals surface area (Å²) in [5.41, 5.74) is 1.65. The summed E-state index contributed by atoms with van der Waals surface area (Å²) in [6.45, 7) is 8.11. The molecule has 1 saturated heterocycles. The maximum Gasteiger partial charge on any atom is 0.310 e. The first-order valence-corrected chi connectivity index (χ1v) is 8.62. The van der Waals surface area contributed by atoms with Gasteiger partial charge in [0.15, 0.2) is 0 Å². The molecule has 4 heteroatoms. The quantitative estimate of drug-likeness (QED) is 0.639. The third-order valence-electron chi connectivity index (χ3n) is 6.31. The smallest absolute Gasteiger partial charge is 0.310 e. The van der Waals surface area contributed by atoms with E-state index in [2.05, 4.69) is 13.5 Å². The van der Waals surface area contributed by atoms with Crippen molar-refractivity contribution in [2.75, 3.05) is 26.7 Å². The molecule has 1 heterocycles. The number of hydrogen-bond donors (Lipinski definition) is 1. The normalized spacial score (nSPS) is 41.3. The zero-order valence-corrected chi connectivity index (χ0v) is 13.9. The molecular weight excluding hydrogens is 278 g/mol. The second-order valence-corrected chi connectivity index (χ2v) is 7.89. The third-order valence-corrected chi connectivity index (χ3v) is 6.31. The molecule has 1 N–H and O–H groups in total. The van der Waals surface area contributed by atoms with Gasteiger partial charge in [-0.2, -0.15) is 0 Å². The fraction of sp³-hybridized carbons (Fsp3) is 0.833. The molecule has 0 radical (unpaired) electrons. The number of hydrogen-bond acceptors (Lipinski definition) is 4. The van der Waals surface area contributed by atoms with Crippen LogP contribution in [0.1, 0.15) is 39.0 Å². The summed E-state index contributed by atoms with van der Waals surface area (Å²) in [5, 5.41) is 9.06. The van der Waals surface area contributed by atoms with Gasteiger partial charge in [0.25, 0.3) is 0 Å². The first-order chi connectivity index (χ1) is 10.4. The van der Waals surface area contributed by atoms with Crippen LogP contribution in [0.2, 0.25) is 0 Å². The van der Waals surface area contributed by atoms with E-state index in [-0.39, 0.29) is 30.0 Å². The Kier molecular flexibility index (Phi) is 4.34. The van der Waals surface area contributed by atoms with Gasteiger partial charge in [0.1, 0.15) is 6.10 Å².